The largest absolute Gasteiger partial charge is 0.494 e. The maximum Gasteiger partial charge on any atom is 0.305 e. The van der Waals surface area contributed by atoms with E-state index in [9.17, 15) is 9.59 Å². The number of rotatable bonds is 13. The molecule has 36 heavy (non-hydrogen) atoms. The molecule has 190 valence electrons. The molecule has 0 atom stereocenters. The zero-order valence-corrected chi connectivity index (χ0v) is 21.3. The van der Waals surface area contributed by atoms with E-state index in [1.165, 1.54) is 5.56 Å². The van der Waals surface area contributed by atoms with Crippen LogP contribution in [0.15, 0.2) is 72.8 Å². The van der Waals surface area contributed by atoms with Gasteiger partial charge in [0.15, 0.2) is 0 Å². The minimum atomic E-state index is -0.223. The maximum absolute atomic E-state index is 12.6. The maximum atomic E-state index is 12.6. The van der Waals surface area contributed by atoms with Crippen LogP contribution < -0.4 is 14.8 Å². The highest BCUT2D eigenvalue weighted by Gasteiger charge is 2.08. The van der Waals surface area contributed by atoms with E-state index in [4.69, 9.17) is 14.2 Å². The van der Waals surface area contributed by atoms with Crippen LogP contribution >= 0.6 is 0 Å². The second-order valence-corrected chi connectivity index (χ2v) is 8.96. The lowest BCUT2D eigenvalue weighted by atomic mass is 10.0. The van der Waals surface area contributed by atoms with Crippen molar-refractivity contribution in [2.45, 2.75) is 46.6 Å². The van der Waals surface area contributed by atoms with E-state index in [-0.39, 0.29) is 11.9 Å². The molecule has 0 aliphatic heterocycles. The van der Waals surface area contributed by atoms with Gasteiger partial charge in [-0.15, -0.1) is 0 Å². The number of hydrogen-bond donors (Lipinski definition) is 1. The molecule has 0 aliphatic rings. The Morgan fingerprint density at radius 2 is 1.42 bits per heavy atom. The first-order valence-electron chi connectivity index (χ1n) is 12.4. The molecule has 0 heterocycles. The topological polar surface area (TPSA) is 73.9 Å². The average Bonchev–Trinajstić information content (AvgIpc) is 2.87. The first-order valence-corrected chi connectivity index (χ1v) is 12.4. The summed E-state index contributed by atoms with van der Waals surface area (Å²) in [6, 6.07) is 22.7. The highest BCUT2D eigenvalue weighted by Crippen LogP contribution is 2.19. The second-order valence-electron chi connectivity index (χ2n) is 8.96. The van der Waals surface area contributed by atoms with Gasteiger partial charge in [0.25, 0.3) is 5.91 Å². The summed E-state index contributed by atoms with van der Waals surface area (Å²) in [6.45, 7) is 7.50. The Kier molecular flexibility index (Phi) is 10.4. The van der Waals surface area contributed by atoms with Crippen LogP contribution in [0.5, 0.6) is 11.5 Å². The highest BCUT2D eigenvalue weighted by atomic mass is 16.5. The summed E-state index contributed by atoms with van der Waals surface area (Å²) in [5.41, 5.74) is 3.66. The number of carbonyl (C=O) groups is 2. The van der Waals surface area contributed by atoms with Crippen molar-refractivity contribution < 1.29 is 23.8 Å². The predicted octanol–water partition coefficient (Wildman–Crippen LogP) is 6.44. The fraction of sp³-hybridized carbons (Fsp3) is 0.333. The van der Waals surface area contributed by atoms with Crippen LogP contribution in [0.1, 0.15) is 55.1 Å². The lowest BCUT2D eigenvalue weighted by Gasteiger charge is -2.10. The SMILES string of the molecule is CCOC(=O)CCCOc1ccc(C(=O)Nc2ccc(OCc3ccc(CC(C)C)cc3)cc2)cc1. The van der Waals surface area contributed by atoms with E-state index >= 15 is 0 Å². The molecule has 3 rings (SSSR count). The summed E-state index contributed by atoms with van der Waals surface area (Å²) in [6.07, 6.45) is 1.97. The first kappa shape index (κ1) is 26.8. The third-order valence-corrected chi connectivity index (χ3v) is 5.40. The highest BCUT2D eigenvalue weighted by molar-refractivity contribution is 6.04. The Morgan fingerprint density at radius 3 is 2.06 bits per heavy atom. The molecule has 0 unspecified atom stereocenters. The van der Waals surface area contributed by atoms with Crippen LogP contribution in [-0.4, -0.2) is 25.1 Å². The molecule has 0 aliphatic carbocycles. The summed E-state index contributed by atoms with van der Waals surface area (Å²) in [5.74, 6) is 1.59. The summed E-state index contributed by atoms with van der Waals surface area (Å²) < 4.78 is 16.4. The first-order chi connectivity index (χ1) is 17.4. The lowest BCUT2D eigenvalue weighted by Crippen LogP contribution is -2.11. The van der Waals surface area contributed by atoms with E-state index in [0.29, 0.717) is 55.6 Å². The van der Waals surface area contributed by atoms with Gasteiger partial charge >= 0.3 is 5.97 Å². The molecular weight excluding hydrogens is 454 g/mol. The van der Waals surface area contributed by atoms with Crippen LogP contribution in [0.3, 0.4) is 0 Å². The smallest absolute Gasteiger partial charge is 0.305 e. The van der Waals surface area contributed by atoms with Gasteiger partial charge in [0.2, 0.25) is 0 Å². The molecule has 3 aromatic rings. The molecule has 3 aromatic carbocycles. The molecule has 1 amide bonds. The van der Waals surface area contributed by atoms with Gasteiger partial charge in [-0.25, -0.2) is 0 Å². The van der Waals surface area contributed by atoms with E-state index in [1.807, 2.05) is 24.3 Å². The van der Waals surface area contributed by atoms with Crippen LogP contribution in [-0.2, 0) is 22.6 Å². The number of anilines is 1. The Hall–Kier alpha value is -3.80. The zero-order chi connectivity index (χ0) is 25.8. The Balaban J connectivity index is 1.42. The van der Waals surface area contributed by atoms with Gasteiger partial charge < -0.3 is 19.5 Å². The number of hydrogen-bond acceptors (Lipinski definition) is 5. The summed E-state index contributed by atoms with van der Waals surface area (Å²) in [7, 11) is 0. The summed E-state index contributed by atoms with van der Waals surface area (Å²) >= 11 is 0. The van der Waals surface area contributed by atoms with Gasteiger partial charge in [-0.2, -0.15) is 0 Å². The minimum Gasteiger partial charge on any atom is -0.494 e. The van der Waals surface area contributed by atoms with Crippen molar-refractivity contribution in [2.75, 3.05) is 18.5 Å². The Bertz CT molecular complexity index is 1090. The molecular formula is C30H35NO5. The number of amides is 1. The standard InChI is InChI=1S/C30H35NO5/c1-4-34-29(32)6-5-19-35-27-15-11-25(12-16-27)30(33)31-26-13-17-28(18-14-26)36-21-24-9-7-23(8-10-24)20-22(2)3/h7-18,22H,4-6,19-21H2,1-3H3,(H,31,33). The minimum absolute atomic E-state index is 0.209. The third kappa shape index (κ3) is 9.10. The van der Waals surface area contributed by atoms with Crippen molar-refractivity contribution in [1.82, 2.24) is 0 Å². The van der Waals surface area contributed by atoms with E-state index in [0.717, 1.165) is 17.7 Å². The molecule has 6 heteroatoms. The second kappa shape index (κ2) is 13.9. The number of nitrogens with one attached hydrogen (secondary N) is 1. The molecule has 0 radical (unpaired) electrons. The average molecular weight is 490 g/mol. The van der Waals surface area contributed by atoms with Gasteiger partial charge in [0.05, 0.1) is 13.2 Å². The van der Waals surface area contributed by atoms with Crippen LogP contribution in [0.2, 0.25) is 0 Å². The van der Waals surface area contributed by atoms with Crippen LogP contribution in [0.4, 0.5) is 5.69 Å². The number of ether oxygens (including phenoxy) is 3. The lowest BCUT2D eigenvalue weighted by molar-refractivity contribution is -0.143. The Labute approximate surface area is 213 Å². The number of carbonyl (C=O) groups excluding carboxylic acids is 2. The predicted molar refractivity (Wildman–Crippen MR) is 142 cm³/mol. The quantitative estimate of drug-likeness (QED) is 0.221. The normalized spacial score (nSPS) is 10.7. The van der Waals surface area contributed by atoms with Crippen LogP contribution in [0, 0.1) is 5.92 Å². The van der Waals surface area contributed by atoms with Crippen molar-refractivity contribution >= 4 is 17.6 Å². The molecule has 0 aromatic heterocycles. The number of esters is 1. The zero-order valence-electron chi connectivity index (χ0n) is 21.3. The van der Waals surface area contributed by atoms with Crippen molar-refractivity contribution in [1.29, 1.82) is 0 Å². The van der Waals surface area contributed by atoms with Crippen molar-refractivity contribution in [3.8, 4) is 11.5 Å². The molecule has 0 bridgehead atoms. The van der Waals surface area contributed by atoms with Gasteiger partial charge in [0.1, 0.15) is 18.1 Å². The van der Waals surface area contributed by atoms with E-state index in [2.05, 4.69) is 43.4 Å². The molecule has 0 spiro atoms. The fourth-order valence-corrected chi connectivity index (χ4v) is 3.59. The molecule has 6 nitrogen and oxygen atoms in total. The van der Waals surface area contributed by atoms with Crippen molar-refractivity contribution in [3.63, 3.8) is 0 Å². The van der Waals surface area contributed by atoms with E-state index in [1.54, 1.807) is 31.2 Å². The molecule has 0 fully saturated rings. The van der Waals surface area contributed by atoms with Crippen molar-refractivity contribution in [3.05, 3.63) is 89.5 Å². The van der Waals surface area contributed by atoms with Gasteiger partial charge in [-0.05, 0) is 85.3 Å². The van der Waals surface area contributed by atoms with Gasteiger partial charge in [-0.1, -0.05) is 38.1 Å². The fourth-order valence-electron chi connectivity index (χ4n) is 3.59. The van der Waals surface area contributed by atoms with Gasteiger partial charge in [-0.3, -0.25) is 9.59 Å². The Morgan fingerprint density at radius 1 is 0.806 bits per heavy atom. The van der Waals surface area contributed by atoms with Crippen molar-refractivity contribution in [2.24, 2.45) is 5.92 Å². The molecule has 1 N–H and O–H groups in total. The summed E-state index contributed by atoms with van der Waals surface area (Å²) in [4.78, 5) is 23.9. The van der Waals surface area contributed by atoms with Crippen LogP contribution in [0.25, 0.3) is 0 Å². The molecule has 0 saturated heterocycles. The third-order valence-electron chi connectivity index (χ3n) is 5.40. The monoisotopic (exact) mass is 489 g/mol. The molecule has 0 saturated carbocycles. The van der Waals surface area contributed by atoms with E-state index < -0.39 is 0 Å². The summed E-state index contributed by atoms with van der Waals surface area (Å²) in [5, 5.41) is 2.89. The van der Waals surface area contributed by atoms with Gasteiger partial charge in [0, 0.05) is 17.7 Å². The number of benzene rings is 3.